The van der Waals surface area contributed by atoms with Crippen LogP contribution in [0.1, 0.15) is 213 Å². The number of carboxylic acid groups (broad SMARTS) is 1. The molecule has 0 saturated heterocycles. The molecule has 0 aliphatic heterocycles. The molecule has 0 spiro atoms. The summed E-state index contributed by atoms with van der Waals surface area (Å²) in [6.45, 7) is 4.62. The number of allylic oxidation sites excluding steroid dienone is 6. The number of aliphatic carboxylic acids is 1. The highest BCUT2D eigenvalue weighted by molar-refractivity contribution is 5.72. The lowest BCUT2D eigenvalue weighted by Crippen LogP contribution is -2.50. The van der Waals surface area contributed by atoms with Crippen molar-refractivity contribution in [2.24, 2.45) is 0 Å². The van der Waals surface area contributed by atoms with Gasteiger partial charge >= 0.3 is 17.9 Å². The number of hydrogen-bond donors (Lipinski definition) is 1. The van der Waals surface area contributed by atoms with Crippen LogP contribution in [-0.2, 0) is 28.6 Å². The maximum atomic E-state index is 12.7. The average Bonchev–Trinajstić information content (AvgIpc) is 3.18. The highest BCUT2D eigenvalue weighted by atomic mass is 16.6. The van der Waals surface area contributed by atoms with Gasteiger partial charge in [0.15, 0.2) is 12.1 Å². The Morgan fingerprint density at radius 3 is 1.41 bits per heavy atom. The topological polar surface area (TPSA) is 99.1 Å². The van der Waals surface area contributed by atoms with Crippen molar-refractivity contribution in [3.05, 3.63) is 36.5 Å². The lowest BCUT2D eigenvalue weighted by atomic mass is 10.0. The lowest BCUT2D eigenvalue weighted by Gasteiger charge is -2.31. The van der Waals surface area contributed by atoms with Crippen LogP contribution >= 0.6 is 0 Å². The highest BCUT2D eigenvalue weighted by Gasteiger charge is 2.31. The standard InChI is InChI=1S/C50H91NO7/c1-6-8-10-12-14-16-18-20-22-23-24-25-27-28-30-32-34-36-38-40-48(52)57-45-46(44-56-43-42-47(50(54)55)51(3,4)5)58-49(53)41-39-37-35-33-31-29-26-21-19-17-15-13-11-9-7-2/h9,11,13,15,17,19,46-47H,6-8,10,12,14,16,18,20-45H2,1-5H3/p+1/b11-9+,15-13+,19-17+. The molecule has 0 aliphatic carbocycles. The molecule has 0 radical (unpaired) electrons. The van der Waals surface area contributed by atoms with Gasteiger partial charge in [0.2, 0.25) is 0 Å². The summed E-state index contributed by atoms with van der Waals surface area (Å²) < 4.78 is 17.3. The number of carboxylic acids is 1. The molecule has 0 heterocycles. The SMILES string of the molecule is CC/C=C/C=C/C=C/CCCCCCCCCC(=O)OC(COCCC(C(=O)O)[N+](C)(C)C)COC(=O)CCCCCCCCCCCCCCCCCCCCC. The molecule has 0 amide bonds. The van der Waals surface area contributed by atoms with Crippen LogP contribution in [0.5, 0.6) is 0 Å². The van der Waals surface area contributed by atoms with Crippen LogP contribution in [0.25, 0.3) is 0 Å². The smallest absolute Gasteiger partial charge is 0.362 e. The zero-order valence-electron chi connectivity index (χ0n) is 38.5. The fraction of sp³-hybridized carbons (Fsp3) is 0.820. The van der Waals surface area contributed by atoms with E-state index >= 15 is 0 Å². The number of rotatable bonds is 43. The van der Waals surface area contributed by atoms with E-state index in [9.17, 15) is 19.5 Å². The van der Waals surface area contributed by atoms with Crippen molar-refractivity contribution >= 4 is 17.9 Å². The molecule has 0 aliphatic rings. The number of carbonyl (C=O) groups is 3. The quantitative estimate of drug-likeness (QED) is 0.0283. The molecule has 58 heavy (non-hydrogen) atoms. The summed E-state index contributed by atoms with van der Waals surface area (Å²) in [5.41, 5.74) is 0. The normalized spacial score (nSPS) is 13.2. The first-order valence-corrected chi connectivity index (χ1v) is 24.1. The van der Waals surface area contributed by atoms with Gasteiger partial charge in [0.1, 0.15) is 6.61 Å². The fourth-order valence-corrected chi connectivity index (χ4v) is 7.15. The van der Waals surface area contributed by atoms with Gasteiger partial charge in [-0.05, 0) is 32.1 Å². The second-order valence-electron chi connectivity index (χ2n) is 17.4. The predicted molar refractivity (Wildman–Crippen MR) is 243 cm³/mol. The number of unbranched alkanes of at least 4 members (excludes halogenated alkanes) is 25. The molecule has 8 heteroatoms. The summed E-state index contributed by atoms with van der Waals surface area (Å²) in [6.07, 6.45) is 47.6. The Hall–Kier alpha value is -2.45. The first kappa shape index (κ1) is 55.5. The predicted octanol–water partition coefficient (Wildman–Crippen LogP) is 13.4. The van der Waals surface area contributed by atoms with Gasteiger partial charge in [-0.2, -0.15) is 0 Å². The molecule has 0 fully saturated rings. The molecule has 0 aromatic heterocycles. The summed E-state index contributed by atoms with van der Waals surface area (Å²) in [6, 6.07) is -0.615. The van der Waals surface area contributed by atoms with E-state index in [1.807, 2.05) is 21.1 Å². The maximum Gasteiger partial charge on any atom is 0.362 e. The van der Waals surface area contributed by atoms with E-state index < -0.39 is 18.1 Å². The van der Waals surface area contributed by atoms with Crippen LogP contribution in [-0.4, -0.2) is 80.6 Å². The number of likely N-dealkylation sites (N-methyl/N-ethyl adjacent to an activating group) is 1. The van der Waals surface area contributed by atoms with Crippen molar-refractivity contribution < 1.29 is 38.2 Å². The molecule has 0 bridgehead atoms. The van der Waals surface area contributed by atoms with E-state index in [0.717, 1.165) is 57.8 Å². The molecule has 0 aromatic rings. The van der Waals surface area contributed by atoms with E-state index in [2.05, 4.69) is 50.3 Å². The molecular formula is C50H92NO7+. The van der Waals surface area contributed by atoms with E-state index in [0.29, 0.717) is 19.3 Å². The molecule has 0 aromatic carbocycles. The Morgan fingerprint density at radius 2 is 0.966 bits per heavy atom. The van der Waals surface area contributed by atoms with Gasteiger partial charge in [0.25, 0.3) is 0 Å². The van der Waals surface area contributed by atoms with Crippen molar-refractivity contribution in [2.45, 2.75) is 225 Å². The Bertz CT molecular complexity index is 1050. The molecule has 2 atom stereocenters. The van der Waals surface area contributed by atoms with Crippen molar-refractivity contribution in [3.63, 3.8) is 0 Å². The minimum atomic E-state index is -0.876. The summed E-state index contributed by atoms with van der Waals surface area (Å²) in [5, 5.41) is 9.63. The summed E-state index contributed by atoms with van der Waals surface area (Å²) in [7, 11) is 5.53. The van der Waals surface area contributed by atoms with Gasteiger partial charge in [-0.25, -0.2) is 4.79 Å². The van der Waals surface area contributed by atoms with Crippen LogP contribution < -0.4 is 0 Å². The zero-order chi connectivity index (χ0) is 42.8. The minimum Gasteiger partial charge on any atom is -0.477 e. The molecule has 2 unspecified atom stereocenters. The number of quaternary nitrogens is 1. The fourth-order valence-electron chi connectivity index (χ4n) is 7.15. The molecule has 8 nitrogen and oxygen atoms in total. The van der Waals surface area contributed by atoms with Crippen molar-refractivity contribution in [2.75, 3.05) is 41.0 Å². The van der Waals surface area contributed by atoms with Gasteiger partial charge in [-0.15, -0.1) is 0 Å². The Kier molecular flexibility index (Phi) is 39.5. The first-order valence-electron chi connectivity index (χ1n) is 24.1. The van der Waals surface area contributed by atoms with Crippen LogP contribution in [0, 0.1) is 0 Å². The summed E-state index contributed by atoms with van der Waals surface area (Å²) in [5.74, 6) is -1.47. The summed E-state index contributed by atoms with van der Waals surface area (Å²) in [4.78, 5) is 37.1. The van der Waals surface area contributed by atoms with E-state index in [1.54, 1.807) is 0 Å². The molecule has 0 rings (SSSR count). The number of ether oxygens (including phenoxy) is 3. The third kappa shape index (κ3) is 39.0. The number of nitrogens with zero attached hydrogens (tertiary/aromatic N) is 1. The van der Waals surface area contributed by atoms with Crippen LogP contribution in [0.4, 0.5) is 0 Å². The summed E-state index contributed by atoms with van der Waals surface area (Å²) >= 11 is 0. The Morgan fingerprint density at radius 1 is 0.534 bits per heavy atom. The monoisotopic (exact) mass is 819 g/mol. The molecule has 338 valence electrons. The van der Waals surface area contributed by atoms with Crippen LogP contribution in [0.15, 0.2) is 36.5 Å². The van der Waals surface area contributed by atoms with Gasteiger partial charge < -0.3 is 23.8 Å². The highest BCUT2D eigenvalue weighted by Crippen LogP contribution is 2.16. The van der Waals surface area contributed by atoms with Crippen molar-refractivity contribution in [1.29, 1.82) is 0 Å². The minimum absolute atomic E-state index is 0.0528. The number of carbonyl (C=O) groups excluding carboxylic acids is 2. The van der Waals surface area contributed by atoms with Crippen LogP contribution in [0.2, 0.25) is 0 Å². The molecule has 0 saturated carbocycles. The second kappa shape index (κ2) is 41.3. The Balaban J connectivity index is 4.25. The van der Waals surface area contributed by atoms with Crippen molar-refractivity contribution in [1.82, 2.24) is 0 Å². The van der Waals surface area contributed by atoms with Crippen molar-refractivity contribution in [3.8, 4) is 0 Å². The van der Waals surface area contributed by atoms with E-state index in [1.165, 1.54) is 122 Å². The Labute approximate surface area is 357 Å². The zero-order valence-corrected chi connectivity index (χ0v) is 38.5. The van der Waals surface area contributed by atoms with Gasteiger partial charge in [0.05, 0.1) is 34.4 Å². The van der Waals surface area contributed by atoms with E-state index in [4.69, 9.17) is 14.2 Å². The van der Waals surface area contributed by atoms with Crippen LogP contribution in [0.3, 0.4) is 0 Å². The average molecular weight is 819 g/mol. The first-order chi connectivity index (χ1) is 28.1. The number of hydrogen-bond acceptors (Lipinski definition) is 6. The third-order valence-corrected chi connectivity index (χ3v) is 10.9. The number of esters is 2. The molecular weight excluding hydrogens is 727 g/mol. The molecule has 1 N–H and O–H groups in total. The van der Waals surface area contributed by atoms with Gasteiger partial charge in [-0.1, -0.05) is 198 Å². The van der Waals surface area contributed by atoms with E-state index in [-0.39, 0.29) is 36.2 Å². The second-order valence-corrected chi connectivity index (χ2v) is 17.4. The third-order valence-electron chi connectivity index (χ3n) is 10.9. The largest absolute Gasteiger partial charge is 0.477 e. The maximum absolute atomic E-state index is 12.7. The van der Waals surface area contributed by atoms with Gasteiger partial charge in [0, 0.05) is 19.3 Å². The van der Waals surface area contributed by atoms with Gasteiger partial charge in [-0.3, -0.25) is 9.59 Å². The lowest BCUT2D eigenvalue weighted by molar-refractivity contribution is -0.887.